The van der Waals surface area contributed by atoms with Crippen molar-refractivity contribution in [2.45, 2.75) is 20.3 Å². The maximum atomic E-state index is 6.57. The van der Waals surface area contributed by atoms with Crippen molar-refractivity contribution in [2.75, 3.05) is 26.1 Å². The van der Waals surface area contributed by atoms with Gasteiger partial charge in [0.2, 0.25) is 0 Å². The van der Waals surface area contributed by atoms with Gasteiger partial charge in [0.25, 0.3) is 0 Å². The van der Waals surface area contributed by atoms with Gasteiger partial charge < -0.3 is 25.7 Å². The standard InChI is InChI=1S/C25H28N6O2/c1-13-22(14(2)33-31-13)18-10-20-17(11-21(18)32-3)23(25(27)30-20)24(29-12-26)16-8-9-28-19-7-5-4-6-15(16)19/h4-7,10-11,15-16,30H,8-9,12,26-27H2,1-3H3. The first-order valence-electron chi connectivity index (χ1n) is 11.1. The number of anilines is 1. The van der Waals surface area contributed by atoms with Gasteiger partial charge in [-0.15, -0.1) is 0 Å². The molecule has 5 N–H and O–H groups in total. The Hall–Kier alpha value is -3.65. The highest BCUT2D eigenvalue weighted by Gasteiger charge is 2.34. The summed E-state index contributed by atoms with van der Waals surface area (Å²) in [6, 6.07) is 4.05. The van der Waals surface area contributed by atoms with Crippen LogP contribution >= 0.6 is 0 Å². The average molecular weight is 445 g/mol. The highest BCUT2D eigenvalue weighted by atomic mass is 16.5. The monoisotopic (exact) mass is 444 g/mol. The number of rotatable bonds is 5. The molecule has 0 bridgehead atoms. The highest BCUT2D eigenvalue weighted by molar-refractivity contribution is 6.18. The van der Waals surface area contributed by atoms with Crippen LogP contribution in [0.25, 0.3) is 22.0 Å². The van der Waals surface area contributed by atoms with Crippen LogP contribution in [0.5, 0.6) is 5.75 Å². The fourth-order valence-electron chi connectivity index (χ4n) is 5.10. The Morgan fingerprint density at radius 1 is 1.30 bits per heavy atom. The van der Waals surface area contributed by atoms with Crippen LogP contribution in [0.2, 0.25) is 0 Å². The molecule has 3 heterocycles. The van der Waals surface area contributed by atoms with Crippen LogP contribution in [0.15, 0.2) is 50.9 Å². The largest absolute Gasteiger partial charge is 0.496 e. The number of aromatic amines is 1. The molecule has 0 saturated heterocycles. The van der Waals surface area contributed by atoms with Gasteiger partial charge in [-0.2, -0.15) is 0 Å². The Kier molecular flexibility index (Phi) is 5.38. The Morgan fingerprint density at radius 2 is 2.15 bits per heavy atom. The summed E-state index contributed by atoms with van der Waals surface area (Å²) in [5, 5.41) is 5.05. The summed E-state index contributed by atoms with van der Waals surface area (Å²) in [4.78, 5) is 12.8. The van der Waals surface area contributed by atoms with E-state index in [1.165, 1.54) is 0 Å². The van der Waals surface area contributed by atoms with E-state index in [4.69, 9.17) is 30.7 Å². The van der Waals surface area contributed by atoms with Crippen molar-refractivity contribution in [2.24, 2.45) is 27.6 Å². The maximum absolute atomic E-state index is 6.57. The number of aryl methyl sites for hydroxylation is 2. The first-order valence-corrected chi connectivity index (χ1v) is 11.1. The lowest BCUT2D eigenvalue weighted by molar-refractivity contribution is 0.393. The number of hydrogen-bond donors (Lipinski definition) is 3. The molecule has 2 atom stereocenters. The molecule has 2 aliphatic rings. The van der Waals surface area contributed by atoms with Gasteiger partial charge in [0, 0.05) is 46.1 Å². The molecule has 0 fully saturated rings. The molecule has 0 saturated carbocycles. The van der Waals surface area contributed by atoms with Gasteiger partial charge in [0.1, 0.15) is 17.3 Å². The summed E-state index contributed by atoms with van der Waals surface area (Å²) in [5.74, 6) is 2.31. The predicted octanol–water partition coefficient (Wildman–Crippen LogP) is 3.94. The third-order valence-electron chi connectivity index (χ3n) is 6.53. The van der Waals surface area contributed by atoms with E-state index in [-0.39, 0.29) is 18.5 Å². The summed E-state index contributed by atoms with van der Waals surface area (Å²) in [5.41, 5.74) is 18.9. The van der Waals surface area contributed by atoms with E-state index in [1.54, 1.807) is 7.11 Å². The van der Waals surface area contributed by atoms with Crippen molar-refractivity contribution in [3.05, 3.63) is 53.5 Å². The van der Waals surface area contributed by atoms with Crippen molar-refractivity contribution < 1.29 is 9.26 Å². The van der Waals surface area contributed by atoms with Crippen LogP contribution in [0.3, 0.4) is 0 Å². The number of nitrogens with zero attached hydrogens (tertiary/aromatic N) is 3. The minimum atomic E-state index is 0.136. The van der Waals surface area contributed by atoms with Crippen molar-refractivity contribution >= 4 is 28.1 Å². The molecule has 33 heavy (non-hydrogen) atoms. The molecule has 2 aromatic heterocycles. The van der Waals surface area contributed by atoms with E-state index in [9.17, 15) is 0 Å². The van der Waals surface area contributed by atoms with Crippen LogP contribution in [0.4, 0.5) is 5.82 Å². The number of nitrogens with one attached hydrogen (secondary N) is 1. The number of aromatic nitrogens is 2. The number of methoxy groups -OCH3 is 1. The molecule has 1 aliphatic heterocycles. The topological polar surface area (TPSA) is 128 Å². The molecular weight excluding hydrogens is 416 g/mol. The van der Waals surface area contributed by atoms with Crippen LogP contribution in [-0.4, -0.2) is 41.9 Å². The molecule has 0 amide bonds. The van der Waals surface area contributed by atoms with E-state index < -0.39 is 0 Å². The zero-order chi connectivity index (χ0) is 23.1. The number of benzene rings is 1. The minimum absolute atomic E-state index is 0.136. The number of allylic oxidation sites excluding steroid dienone is 4. The lowest BCUT2D eigenvalue weighted by Crippen LogP contribution is -2.34. The number of H-pyrrole nitrogens is 1. The van der Waals surface area contributed by atoms with Gasteiger partial charge in [-0.3, -0.25) is 9.98 Å². The van der Waals surface area contributed by atoms with Gasteiger partial charge in [0.05, 0.1) is 30.7 Å². The minimum Gasteiger partial charge on any atom is -0.496 e. The Balaban J connectivity index is 1.68. The smallest absolute Gasteiger partial charge is 0.141 e. The van der Waals surface area contributed by atoms with Crippen LogP contribution < -0.4 is 16.2 Å². The van der Waals surface area contributed by atoms with Crippen molar-refractivity contribution in [1.82, 2.24) is 10.1 Å². The molecular formula is C25H28N6O2. The van der Waals surface area contributed by atoms with Gasteiger partial charge in [-0.25, -0.2) is 0 Å². The van der Waals surface area contributed by atoms with E-state index >= 15 is 0 Å². The van der Waals surface area contributed by atoms with E-state index in [1.807, 2.05) is 32.1 Å². The summed E-state index contributed by atoms with van der Waals surface area (Å²) >= 11 is 0. The fourth-order valence-corrected chi connectivity index (χ4v) is 5.10. The lowest BCUT2D eigenvalue weighted by Gasteiger charge is -2.31. The van der Waals surface area contributed by atoms with Crippen LogP contribution in [-0.2, 0) is 0 Å². The summed E-state index contributed by atoms with van der Waals surface area (Å²) < 4.78 is 11.2. The van der Waals surface area contributed by atoms with Gasteiger partial charge in [-0.05, 0) is 38.5 Å². The van der Waals surface area contributed by atoms with E-state index in [0.29, 0.717) is 5.82 Å². The number of nitrogens with two attached hydrogens (primary N) is 2. The number of aliphatic imine (C=N–C) groups is 2. The summed E-state index contributed by atoms with van der Waals surface area (Å²) in [7, 11) is 1.66. The van der Waals surface area contributed by atoms with E-state index in [0.717, 1.165) is 69.2 Å². The van der Waals surface area contributed by atoms with Gasteiger partial charge >= 0.3 is 0 Å². The Morgan fingerprint density at radius 3 is 2.88 bits per heavy atom. The van der Waals surface area contributed by atoms with E-state index in [2.05, 4.69) is 28.4 Å². The number of ether oxygens (including phenoxy) is 1. The van der Waals surface area contributed by atoms with Gasteiger partial charge in [-0.1, -0.05) is 23.4 Å². The number of fused-ring (bicyclic) bond motifs is 2. The first-order chi connectivity index (χ1) is 16.0. The lowest BCUT2D eigenvalue weighted by atomic mass is 9.76. The molecule has 0 spiro atoms. The van der Waals surface area contributed by atoms with Crippen LogP contribution in [0, 0.1) is 25.7 Å². The van der Waals surface area contributed by atoms with Crippen molar-refractivity contribution in [1.29, 1.82) is 0 Å². The maximum Gasteiger partial charge on any atom is 0.141 e. The average Bonchev–Trinajstić information content (AvgIpc) is 3.33. The molecule has 8 heteroatoms. The molecule has 170 valence electrons. The molecule has 1 aromatic carbocycles. The summed E-state index contributed by atoms with van der Waals surface area (Å²) in [6.45, 7) is 4.75. The van der Waals surface area contributed by atoms with Gasteiger partial charge in [0.15, 0.2) is 0 Å². The molecule has 5 rings (SSSR count). The Labute approximate surface area is 192 Å². The zero-order valence-electron chi connectivity index (χ0n) is 19.1. The quantitative estimate of drug-likeness (QED) is 0.514. The van der Waals surface area contributed by atoms with Crippen molar-refractivity contribution in [3.8, 4) is 16.9 Å². The summed E-state index contributed by atoms with van der Waals surface area (Å²) in [6.07, 6.45) is 9.24. The SMILES string of the molecule is COc1cc2c(C(=NCN)C3CCN=C4C=CC=CC43)c(N)[nH]c2cc1-c1c(C)noc1C. The second kappa shape index (κ2) is 8.37. The third kappa shape index (κ3) is 3.47. The molecule has 3 aromatic rings. The molecule has 8 nitrogen and oxygen atoms in total. The Bertz CT molecular complexity index is 1320. The second-order valence-electron chi connectivity index (χ2n) is 8.41. The second-order valence-corrected chi connectivity index (χ2v) is 8.41. The van der Waals surface area contributed by atoms with Crippen LogP contribution in [0.1, 0.15) is 23.4 Å². The molecule has 0 radical (unpaired) electrons. The zero-order valence-corrected chi connectivity index (χ0v) is 19.1. The first kappa shape index (κ1) is 21.2. The predicted molar refractivity (Wildman–Crippen MR) is 132 cm³/mol. The normalized spacial score (nSPS) is 20.2. The molecule has 2 unspecified atom stereocenters. The number of hydrogen-bond acceptors (Lipinski definition) is 7. The third-order valence-corrected chi connectivity index (χ3v) is 6.53. The fraction of sp³-hybridized carbons (Fsp3) is 0.320. The van der Waals surface area contributed by atoms with Crippen molar-refractivity contribution in [3.63, 3.8) is 0 Å². The molecule has 1 aliphatic carbocycles. The highest BCUT2D eigenvalue weighted by Crippen LogP contribution is 2.41. The number of nitrogen functional groups attached to an aromatic ring is 1.